The molecule has 3 heterocycles. The Morgan fingerprint density at radius 3 is 2.63 bits per heavy atom. The van der Waals surface area contributed by atoms with E-state index in [0.717, 1.165) is 22.3 Å². The second kappa shape index (κ2) is 9.32. The highest BCUT2D eigenvalue weighted by molar-refractivity contribution is 7.92. The van der Waals surface area contributed by atoms with Crippen LogP contribution in [0.2, 0.25) is 0 Å². The molecule has 0 aliphatic carbocycles. The number of nitrogens with zero attached hydrogens (tertiary/aromatic N) is 6. The van der Waals surface area contributed by atoms with Gasteiger partial charge < -0.3 is 10.6 Å². The smallest absolute Gasteiger partial charge is 0.316 e. The van der Waals surface area contributed by atoms with Crippen LogP contribution in [0.3, 0.4) is 0 Å². The van der Waals surface area contributed by atoms with Crippen molar-refractivity contribution in [2.75, 3.05) is 33.1 Å². The summed E-state index contributed by atoms with van der Waals surface area (Å²) in [6, 6.07) is 4.97. The Bertz CT molecular complexity index is 1390. The predicted molar refractivity (Wildman–Crippen MR) is 122 cm³/mol. The molecule has 1 aliphatic heterocycles. The van der Waals surface area contributed by atoms with Gasteiger partial charge in [-0.15, -0.1) is 0 Å². The van der Waals surface area contributed by atoms with Gasteiger partial charge in [-0.1, -0.05) is 6.07 Å². The molecule has 0 fully saturated rings. The highest BCUT2D eigenvalue weighted by Crippen LogP contribution is 2.29. The van der Waals surface area contributed by atoms with Crippen molar-refractivity contribution in [1.82, 2.24) is 19.9 Å². The van der Waals surface area contributed by atoms with E-state index in [4.69, 9.17) is 0 Å². The summed E-state index contributed by atoms with van der Waals surface area (Å²) >= 11 is 0. The second-order valence-electron chi connectivity index (χ2n) is 7.55. The van der Waals surface area contributed by atoms with Gasteiger partial charge in [0, 0.05) is 30.8 Å². The van der Waals surface area contributed by atoms with E-state index >= 15 is 0 Å². The minimum absolute atomic E-state index is 0.136. The van der Waals surface area contributed by atoms with Crippen molar-refractivity contribution in [1.29, 1.82) is 0 Å². The Morgan fingerprint density at radius 2 is 1.91 bits per heavy atom. The van der Waals surface area contributed by atoms with Gasteiger partial charge in [-0.2, -0.15) is 13.8 Å². The van der Waals surface area contributed by atoms with Gasteiger partial charge in [-0.05, 0) is 17.7 Å². The first-order valence-electron chi connectivity index (χ1n) is 10.0. The maximum Gasteiger partial charge on any atom is 0.316 e. The number of hydrogen-bond acceptors (Lipinski definition) is 9. The van der Waals surface area contributed by atoms with E-state index in [1.54, 1.807) is 18.2 Å². The number of anilines is 5. The van der Waals surface area contributed by atoms with E-state index in [9.17, 15) is 26.4 Å². The largest absolute Gasteiger partial charge is 0.325 e. The summed E-state index contributed by atoms with van der Waals surface area (Å²) in [6.45, 7) is -3.92. The molecule has 3 aromatic rings. The van der Waals surface area contributed by atoms with Gasteiger partial charge in [0.15, 0.2) is 17.5 Å². The highest BCUT2D eigenvalue weighted by Gasteiger charge is 2.27. The number of alkyl halides is 2. The fourth-order valence-electron chi connectivity index (χ4n) is 3.33. The maximum atomic E-state index is 14.6. The number of aromatic nitrogens is 4. The SMILES string of the molecule is CN(c1nccnc1CN(c1nc(Nc2ccc3c(c2)NC(=O)C3)ncc1F)C(F)F)S(C)(=O)=O. The zero-order valence-corrected chi connectivity index (χ0v) is 19.2. The third-order valence-corrected chi connectivity index (χ3v) is 6.26. The number of hydrogen-bond donors (Lipinski definition) is 2. The van der Waals surface area contributed by atoms with Gasteiger partial charge in [0.1, 0.15) is 5.69 Å². The van der Waals surface area contributed by atoms with Crippen LogP contribution >= 0.6 is 0 Å². The average molecular weight is 508 g/mol. The Balaban J connectivity index is 1.64. The summed E-state index contributed by atoms with van der Waals surface area (Å²) < 4.78 is 67.2. The van der Waals surface area contributed by atoms with E-state index in [0.29, 0.717) is 16.3 Å². The van der Waals surface area contributed by atoms with Crippen molar-refractivity contribution in [2.45, 2.75) is 19.5 Å². The van der Waals surface area contributed by atoms with E-state index in [2.05, 4.69) is 30.6 Å². The van der Waals surface area contributed by atoms with Gasteiger partial charge in [0.05, 0.1) is 25.4 Å². The number of carbonyl (C=O) groups is 1. The molecule has 0 atom stereocenters. The predicted octanol–water partition coefficient (Wildman–Crippen LogP) is 2.27. The zero-order valence-electron chi connectivity index (χ0n) is 18.4. The van der Waals surface area contributed by atoms with Gasteiger partial charge in [0.25, 0.3) is 0 Å². The van der Waals surface area contributed by atoms with Gasteiger partial charge in [0.2, 0.25) is 21.9 Å². The van der Waals surface area contributed by atoms with Crippen molar-refractivity contribution in [3.05, 3.63) is 53.9 Å². The van der Waals surface area contributed by atoms with Crippen molar-refractivity contribution in [2.24, 2.45) is 0 Å². The molecule has 1 amide bonds. The van der Waals surface area contributed by atoms with Gasteiger partial charge in [-0.25, -0.2) is 22.8 Å². The van der Waals surface area contributed by atoms with Crippen LogP contribution in [-0.4, -0.2) is 54.1 Å². The molecule has 0 saturated heterocycles. The molecule has 15 heteroatoms. The van der Waals surface area contributed by atoms with Crippen molar-refractivity contribution >= 4 is 44.9 Å². The third kappa shape index (κ3) is 5.24. The summed E-state index contributed by atoms with van der Waals surface area (Å²) in [7, 11) is -2.57. The van der Waals surface area contributed by atoms with Crippen LogP contribution in [0.15, 0.2) is 36.8 Å². The fraction of sp³-hybridized carbons (Fsp3) is 0.250. The minimum Gasteiger partial charge on any atom is -0.325 e. The zero-order chi connectivity index (χ0) is 25.3. The lowest BCUT2D eigenvalue weighted by molar-refractivity contribution is -0.115. The first-order valence-corrected chi connectivity index (χ1v) is 11.9. The number of carbonyl (C=O) groups excluding carboxylic acids is 1. The van der Waals surface area contributed by atoms with E-state index < -0.39 is 34.8 Å². The first-order chi connectivity index (χ1) is 16.5. The lowest BCUT2D eigenvalue weighted by atomic mass is 10.1. The molecule has 4 rings (SSSR count). The summed E-state index contributed by atoms with van der Waals surface area (Å²) in [5, 5.41) is 5.48. The quantitative estimate of drug-likeness (QED) is 0.440. The van der Waals surface area contributed by atoms with Gasteiger partial charge in [-0.3, -0.25) is 19.0 Å². The first kappa shape index (κ1) is 24.1. The van der Waals surface area contributed by atoms with Crippen LogP contribution in [0.5, 0.6) is 0 Å². The standard InChI is InChI=1S/C20H19F3N8O3S/c1-30(35(2,33)34)18-15(24-5-6-25-18)10-31(19(22)23)17-13(21)9-26-20(29-17)27-12-4-3-11-7-16(32)28-14(11)8-12/h3-6,8-9,19H,7,10H2,1-2H3,(H,28,32)(H,26,27,29). The van der Waals surface area contributed by atoms with Crippen molar-refractivity contribution in [3.63, 3.8) is 0 Å². The van der Waals surface area contributed by atoms with Crippen LogP contribution in [0, 0.1) is 5.82 Å². The molecule has 2 N–H and O–H groups in total. The highest BCUT2D eigenvalue weighted by atomic mass is 32.2. The van der Waals surface area contributed by atoms with Crippen LogP contribution in [-0.2, 0) is 27.8 Å². The molecule has 35 heavy (non-hydrogen) atoms. The maximum absolute atomic E-state index is 14.6. The number of rotatable bonds is 8. The molecule has 184 valence electrons. The van der Waals surface area contributed by atoms with E-state index in [1.807, 2.05) is 0 Å². The third-order valence-electron chi connectivity index (χ3n) is 5.09. The molecular weight excluding hydrogens is 489 g/mol. The minimum atomic E-state index is -3.77. The number of nitrogens with one attached hydrogen (secondary N) is 2. The number of benzene rings is 1. The Hall–Kier alpha value is -4.01. The van der Waals surface area contributed by atoms with Crippen molar-refractivity contribution < 1.29 is 26.4 Å². The van der Waals surface area contributed by atoms with Crippen LogP contribution in [0.25, 0.3) is 0 Å². The lowest BCUT2D eigenvalue weighted by Crippen LogP contribution is -2.33. The van der Waals surface area contributed by atoms with Crippen LogP contribution in [0.1, 0.15) is 11.3 Å². The molecule has 0 unspecified atom stereocenters. The van der Waals surface area contributed by atoms with E-state index in [-0.39, 0.29) is 29.8 Å². The normalized spacial score (nSPS) is 12.9. The Labute approximate surface area is 198 Å². The van der Waals surface area contributed by atoms with Crippen molar-refractivity contribution in [3.8, 4) is 0 Å². The topological polar surface area (TPSA) is 133 Å². The summed E-state index contributed by atoms with van der Waals surface area (Å²) in [4.78, 5) is 27.4. The Morgan fingerprint density at radius 1 is 1.17 bits per heavy atom. The lowest BCUT2D eigenvalue weighted by Gasteiger charge is -2.25. The summed E-state index contributed by atoms with van der Waals surface area (Å²) in [5.74, 6) is -2.38. The molecule has 0 saturated carbocycles. The summed E-state index contributed by atoms with van der Waals surface area (Å²) in [5.41, 5.74) is 1.69. The van der Waals surface area contributed by atoms with Crippen LogP contribution < -0.4 is 19.8 Å². The molecule has 0 bridgehead atoms. The number of amides is 1. The number of sulfonamides is 1. The average Bonchev–Trinajstić information content (AvgIpc) is 3.17. The second-order valence-corrected chi connectivity index (χ2v) is 9.56. The monoisotopic (exact) mass is 508 g/mol. The Kier molecular flexibility index (Phi) is 6.43. The molecule has 1 aromatic carbocycles. The number of halogens is 3. The molecule has 0 radical (unpaired) electrons. The number of fused-ring (bicyclic) bond motifs is 1. The summed E-state index contributed by atoms with van der Waals surface area (Å²) in [6.07, 6.45) is 4.31. The molecule has 1 aliphatic rings. The van der Waals surface area contributed by atoms with Crippen LogP contribution in [0.4, 0.5) is 42.1 Å². The molecule has 11 nitrogen and oxygen atoms in total. The molecule has 0 spiro atoms. The van der Waals surface area contributed by atoms with E-state index in [1.165, 1.54) is 19.4 Å². The molecular formula is C20H19F3N8O3S. The van der Waals surface area contributed by atoms with Gasteiger partial charge >= 0.3 is 6.55 Å². The fourth-order valence-corrected chi connectivity index (χ4v) is 3.80. The molecule has 2 aromatic heterocycles.